The molecule has 18 heavy (non-hydrogen) atoms. The minimum atomic E-state index is -2.51. The number of halogens is 3. The number of carbonyl (C=O) groups excluding carboxylic acids is 1. The molecule has 0 aliphatic rings. The minimum Gasteiger partial charge on any atom is -0.496 e. The maximum absolute atomic E-state index is 11.9. The highest BCUT2D eigenvalue weighted by Gasteiger charge is 2.13. The van der Waals surface area contributed by atoms with Gasteiger partial charge in [0.05, 0.1) is 19.3 Å². The summed E-state index contributed by atoms with van der Waals surface area (Å²) in [6.45, 7) is -0.658. The molecule has 100 valence electrons. The van der Waals surface area contributed by atoms with Crippen LogP contribution in [-0.4, -0.2) is 32.5 Å². The Labute approximate surface area is 118 Å². The van der Waals surface area contributed by atoms with Crippen LogP contribution >= 0.6 is 22.6 Å². The van der Waals surface area contributed by atoms with Gasteiger partial charge in [-0.05, 0) is 40.8 Å². The zero-order valence-electron chi connectivity index (χ0n) is 9.79. The summed E-state index contributed by atoms with van der Waals surface area (Å²) in [5.74, 6) is 0.300. The molecular formula is C12H13F2IO3. The summed E-state index contributed by atoms with van der Waals surface area (Å²) >= 11 is 2.09. The van der Waals surface area contributed by atoms with Crippen LogP contribution in [0.5, 0.6) is 5.75 Å². The Balaban J connectivity index is 2.58. The average molecular weight is 370 g/mol. The molecule has 0 heterocycles. The number of hydrogen-bond acceptors (Lipinski definition) is 3. The Bertz CT molecular complexity index is 410. The van der Waals surface area contributed by atoms with Crippen LogP contribution < -0.4 is 4.74 Å². The van der Waals surface area contributed by atoms with Crippen molar-refractivity contribution < 1.29 is 23.0 Å². The molecule has 1 aromatic carbocycles. The van der Waals surface area contributed by atoms with Crippen LogP contribution in [0.3, 0.4) is 0 Å². The maximum atomic E-state index is 11.9. The smallest absolute Gasteiger partial charge is 0.261 e. The molecule has 0 saturated heterocycles. The SMILES string of the molecule is COc1ccc(I)cc1C(=O)CCOCC(F)F. The lowest BCUT2D eigenvalue weighted by atomic mass is 10.1. The molecule has 0 bridgehead atoms. The second kappa shape index (κ2) is 7.63. The summed E-state index contributed by atoms with van der Waals surface area (Å²) in [7, 11) is 1.48. The monoisotopic (exact) mass is 370 g/mol. The van der Waals surface area contributed by atoms with Crippen LogP contribution in [0.4, 0.5) is 8.78 Å². The van der Waals surface area contributed by atoms with Crippen LogP contribution in [0, 0.1) is 3.57 Å². The number of hydrogen-bond donors (Lipinski definition) is 0. The molecule has 0 fully saturated rings. The third kappa shape index (κ3) is 4.85. The summed E-state index contributed by atoms with van der Waals surface area (Å²) < 4.78 is 34.3. The number of methoxy groups -OCH3 is 1. The lowest BCUT2D eigenvalue weighted by molar-refractivity contribution is 0.0169. The largest absolute Gasteiger partial charge is 0.496 e. The van der Waals surface area contributed by atoms with Crippen molar-refractivity contribution in [2.24, 2.45) is 0 Å². The van der Waals surface area contributed by atoms with Crippen molar-refractivity contribution in [1.29, 1.82) is 0 Å². The van der Waals surface area contributed by atoms with Gasteiger partial charge in [-0.25, -0.2) is 8.78 Å². The summed E-state index contributed by atoms with van der Waals surface area (Å²) in [5, 5.41) is 0. The van der Waals surface area contributed by atoms with Crippen LogP contribution in [0.1, 0.15) is 16.8 Å². The van der Waals surface area contributed by atoms with Gasteiger partial charge in [-0.2, -0.15) is 0 Å². The molecule has 0 N–H and O–H groups in total. The molecule has 1 rings (SSSR count). The molecule has 0 unspecified atom stereocenters. The molecular weight excluding hydrogens is 357 g/mol. The number of rotatable bonds is 7. The number of Topliss-reactive ketones (excluding diaryl/α,β-unsaturated/α-hetero) is 1. The highest BCUT2D eigenvalue weighted by atomic mass is 127. The standard InChI is InChI=1S/C12H13F2IO3/c1-17-11-3-2-8(15)6-9(11)10(16)4-5-18-7-12(13)14/h2-3,6,12H,4-5,7H2,1H3. The number of ketones is 1. The van der Waals surface area contributed by atoms with Crippen molar-refractivity contribution in [3.63, 3.8) is 0 Å². The fraction of sp³-hybridized carbons (Fsp3) is 0.417. The first-order valence-electron chi connectivity index (χ1n) is 5.27. The Morgan fingerprint density at radius 3 is 2.78 bits per heavy atom. The van der Waals surface area contributed by atoms with E-state index in [-0.39, 0.29) is 18.8 Å². The first-order valence-corrected chi connectivity index (χ1v) is 6.35. The van der Waals surface area contributed by atoms with Crippen molar-refractivity contribution in [1.82, 2.24) is 0 Å². The Morgan fingerprint density at radius 2 is 2.17 bits per heavy atom. The molecule has 0 aliphatic carbocycles. The lowest BCUT2D eigenvalue weighted by Gasteiger charge is -2.08. The van der Waals surface area contributed by atoms with E-state index in [1.807, 2.05) is 6.07 Å². The van der Waals surface area contributed by atoms with Crippen molar-refractivity contribution >= 4 is 28.4 Å². The first kappa shape index (κ1) is 15.3. The number of benzene rings is 1. The molecule has 0 amide bonds. The van der Waals surface area contributed by atoms with Crippen LogP contribution in [0.2, 0.25) is 0 Å². The van der Waals surface area contributed by atoms with E-state index in [0.29, 0.717) is 11.3 Å². The van der Waals surface area contributed by atoms with E-state index in [2.05, 4.69) is 27.3 Å². The van der Waals surface area contributed by atoms with Gasteiger partial charge in [-0.1, -0.05) is 0 Å². The topological polar surface area (TPSA) is 35.5 Å². The van der Waals surface area contributed by atoms with E-state index < -0.39 is 13.0 Å². The summed E-state index contributed by atoms with van der Waals surface area (Å²) in [6, 6.07) is 5.23. The summed E-state index contributed by atoms with van der Waals surface area (Å²) in [5.41, 5.74) is 0.449. The Hall–Kier alpha value is -0.760. The highest BCUT2D eigenvalue weighted by molar-refractivity contribution is 14.1. The molecule has 3 nitrogen and oxygen atoms in total. The Morgan fingerprint density at radius 1 is 1.44 bits per heavy atom. The summed E-state index contributed by atoms with van der Waals surface area (Å²) in [6.07, 6.45) is -2.45. The van der Waals surface area contributed by atoms with E-state index >= 15 is 0 Å². The first-order chi connectivity index (χ1) is 8.54. The van der Waals surface area contributed by atoms with Gasteiger partial charge < -0.3 is 9.47 Å². The molecule has 0 aliphatic heterocycles. The van der Waals surface area contributed by atoms with Crippen LogP contribution in [0.25, 0.3) is 0 Å². The van der Waals surface area contributed by atoms with Crippen molar-refractivity contribution in [3.05, 3.63) is 27.3 Å². The van der Waals surface area contributed by atoms with E-state index in [4.69, 9.17) is 4.74 Å². The van der Waals surface area contributed by atoms with Gasteiger partial charge in [0.15, 0.2) is 5.78 Å². The second-order valence-corrected chi connectivity index (χ2v) is 4.73. The van der Waals surface area contributed by atoms with Crippen molar-refractivity contribution in [2.75, 3.05) is 20.3 Å². The lowest BCUT2D eigenvalue weighted by Crippen LogP contribution is -2.10. The zero-order valence-corrected chi connectivity index (χ0v) is 11.9. The van der Waals surface area contributed by atoms with E-state index in [1.165, 1.54) is 7.11 Å². The fourth-order valence-corrected chi connectivity index (χ4v) is 1.86. The highest BCUT2D eigenvalue weighted by Crippen LogP contribution is 2.22. The van der Waals surface area contributed by atoms with Gasteiger partial charge in [0.1, 0.15) is 12.4 Å². The molecule has 0 radical (unpaired) electrons. The molecule has 6 heteroatoms. The zero-order chi connectivity index (χ0) is 13.5. The Kier molecular flexibility index (Phi) is 6.48. The minimum absolute atomic E-state index is 0.0161. The summed E-state index contributed by atoms with van der Waals surface area (Å²) in [4.78, 5) is 11.9. The van der Waals surface area contributed by atoms with Gasteiger partial charge >= 0.3 is 0 Å². The molecule has 0 atom stereocenters. The number of ether oxygens (including phenoxy) is 2. The van der Waals surface area contributed by atoms with E-state index in [0.717, 1.165) is 3.57 Å². The average Bonchev–Trinajstić information content (AvgIpc) is 2.34. The number of alkyl halides is 2. The molecule has 1 aromatic rings. The molecule has 0 saturated carbocycles. The van der Waals surface area contributed by atoms with Gasteiger partial charge in [-0.3, -0.25) is 4.79 Å². The molecule has 0 spiro atoms. The van der Waals surface area contributed by atoms with E-state index in [1.54, 1.807) is 12.1 Å². The van der Waals surface area contributed by atoms with Gasteiger partial charge in [-0.15, -0.1) is 0 Å². The number of carbonyl (C=O) groups is 1. The van der Waals surface area contributed by atoms with Gasteiger partial charge in [0.2, 0.25) is 0 Å². The predicted octanol–water partition coefficient (Wildman–Crippen LogP) is 3.15. The van der Waals surface area contributed by atoms with Crippen molar-refractivity contribution in [3.8, 4) is 5.75 Å². The molecule has 0 aromatic heterocycles. The third-order valence-electron chi connectivity index (χ3n) is 2.18. The van der Waals surface area contributed by atoms with Gasteiger partial charge in [0.25, 0.3) is 6.43 Å². The normalized spacial score (nSPS) is 10.7. The van der Waals surface area contributed by atoms with Crippen LogP contribution in [-0.2, 0) is 4.74 Å². The van der Waals surface area contributed by atoms with E-state index in [9.17, 15) is 13.6 Å². The van der Waals surface area contributed by atoms with Gasteiger partial charge in [0, 0.05) is 9.99 Å². The quantitative estimate of drug-likeness (QED) is 0.420. The second-order valence-electron chi connectivity index (χ2n) is 3.48. The third-order valence-corrected chi connectivity index (χ3v) is 2.85. The van der Waals surface area contributed by atoms with Crippen LogP contribution in [0.15, 0.2) is 18.2 Å². The predicted molar refractivity (Wildman–Crippen MR) is 71.5 cm³/mol. The van der Waals surface area contributed by atoms with Crippen molar-refractivity contribution in [2.45, 2.75) is 12.8 Å². The maximum Gasteiger partial charge on any atom is 0.261 e. The fourth-order valence-electron chi connectivity index (χ4n) is 1.37.